The van der Waals surface area contributed by atoms with Crippen molar-refractivity contribution in [2.45, 2.75) is 31.0 Å². The molecule has 0 bridgehead atoms. The molecule has 1 atom stereocenters. The summed E-state index contributed by atoms with van der Waals surface area (Å²) >= 11 is 0. The highest BCUT2D eigenvalue weighted by Gasteiger charge is 2.42. The summed E-state index contributed by atoms with van der Waals surface area (Å²) in [4.78, 5) is 4.43. The number of pyridine rings is 1. The van der Waals surface area contributed by atoms with E-state index in [1.54, 1.807) is 0 Å². The zero-order chi connectivity index (χ0) is 20.8. The number of aromatic nitrogens is 3. The third-order valence-electron chi connectivity index (χ3n) is 6.60. The van der Waals surface area contributed by atoms with Gasteiger partial charge in [-0.2, -0.15) is 5.10 Å². The number of nitrogens with zero attached hydrogens (tertiary/aromatic N) is 3. The van der Waals surface area contributed by atoms with Gasteiger partial charge >= 0.3 is 0 Å². The molecule has 0 amide bonds. The quantitative estimate of drug-likeness (QED) is 0.497. The van der Waals surface area contributed by atoms with Gasteiger partial charge in [0.05, 0.1) is 11.9 Å². The fraction of sp³-hybridized carbons (Fsp3) is 0.333. The average Bonchev–Trinajstić information content (AvgIpc) is 3.51. The normalized spacial score (nSPS) is 22.8. The van der Waals surface area contributed by atoms with Gasteiger partial charge in [-0.15, -0.1) is 0 Å². The molecule has 1 unspecified atom stereocenters. The third kappa shape index (κ3) is 3.40. The lowest BCUT2D eigenvalue weighted by molar-refractivity contribution is 0.253. The molecule has 2 fully saturated rings. The Labute approximate surface area is 181 Å². The smallest absolute Gasteiger partial charge is 0.136 e. The highest BCUT2D eigenvalue weighted by atomic mass is 15.4. The first-order chi connectivity index (χ1) is 15.2. The number of nitrogens with one attached hydrogen (secondary N) is 3. The molecule has 3 aliphatic rings. The number of benzene rings is 1. The van der Waals surface area contributed by atoms with E-state index in [9.17, 15) is 0 Å². The second-order valence-corrected chi connectivity index (χ2v) is 8.84. The van der Waals surface area contributed by atoms with Gasteiger partial charge in [0, 0.05) is 42.9 Å². The Hall–Kier alpha value is -3.16. The highest BCUT2D eigenvalue weighted by Crippen LogP contribution is 2.45. The Morgan fingerprint density at radius 2 is 1.97 bits per heavy atom. The summed E-state index contributed by atoms with van der Waals surface area (Å²) in [6.07, 6.45) is 8.40. The van der Waals surface area contributed by atoms with Crippen molar-refractivity contribution in [3.05, 3.63) is 72.1 Å². The largest absolute Gasteiger partial charge is 0.366 e. The Kier molecular flexibility index (Phi) is 4.33. The van der Waals surface area contributed by atoms with E-state index in [1.807, 2.05) is 35.3 Å². The van der Waals surface area contributed by atoms with E-state index < -0.39 is 5.66 Å². The molecule has 1 aromatic carbocycles. The molecule has 158 valence electrons. The predicted molar refractivity (Wildman–Crippen MR) is 122 cm³/mol. The van der Waals surface area contributed by atoms with Crippen molar-refractivity contribution in [2.24, 2.45) is 11.7 Å². The molecular weight excluding hydrogens is 386 g/mol. The first kappa shape index (κ1) is 18.6. The van der Waals surface area contributed by atoms with Crippen LogP contribution in [0.15, 0.2) is 60.9 Å². The molecule has 2 aliphatic heterocycles. The Morgan fingerprint density at radius 3 is 2.65 bits per heavy atom. The minimum absolute atomic E-state index is 0.359. The maximum atomic E-state index is 6.86. The van der Waals surface area contributed by atoms with E-state index in [0.717, 1.165) is 36.0 Å². The minimum Gasteiger partial charge on any atom is -0.366 e. The Balaban J connectivity index is 1.24. The summed E-state index contributed by atoms with van der Waals surface area (Å²) in [5, 5.41) is 15.2. The molecular formula is C24H27N7. The van der Waals surface area contributed by atoms with Crippen LogP contribution >= 0.6 is 0 Å². The molecule has 1 aliphatic carbocycles. The molecule has 7 nitrogen and oxygen atoms in total. The standard InChI is InChI=1S/C24H27N7/c25-24(19-13-26-14-19)11-22(31-23(30-24)20(15-29-31)17-8-9-17)28-12-16-4-6-18(7-5-16)21-3-1-2-10-27-21/h1-7,10-11,15,17,19,26,28,30H,8-9,12-14,25H2. The summed E-state index contributed by atoms with van der Waals surface area (Å²) in [5.74, 6) is 2.97. The van der Waals surface area contributed by atoms with Gasteiger partial charge in [0.1, 0.15) is 17.3 Å². The molecule has 31 heavy (non-hydrogen) atoms. The lowest BCUT2D eigenvalue weighted by Gasteiger charge is -2.44. The predicted octanol–water partition coefficient (Wildman–Crippen LogP) is 2.71. The van der Waals surface area contributed by atoms with Gasteiger partial charge in [-0.1, -0.05) is 30.3 Å². The topological polar surface area (TPSA) is 92.8 Å². The van der Waals surface area contributed by atoms with Gasteiger partial charge in [-0.05, 0) is 42.5 Å². The van der Waals surface area contributed by atoms with Crippen molar-refractivity contribution < 1.29 is 0 Å². The fourth-order valence-corrected chi connectivity index (χ4v) is 4.38. The average molecular weight is 414 g/mol. The zero-order valence-corrected chi connectivity index (χ0v) is 17.4. The monoisotopic (exact) mass is 413 g/mol. The van der Waals surface area contributed by atoms with Crippen LogP contribution in [0, 0.1) is 5.92 Å². The van der Waals surface area contributed by atoms with Crippen LogP contribution in [0.2, 0.25) is 0 Å². The van der Waals surface area contributed by atoms with Crippen LogP contribution in [-0.2, 0) is 6.54 Å². The van der Waals surface area contributed by atoms with Gasteiger partial charge in [0.2, 0.25) is 0 Å². The van der Waals surface area contributed by atoms with Crippen molar-refractivity contribution in [3.63, 3.8) is 0 Å². The Bertz CT molecular complexity index is 1110. The van der Waals surface area contributed by atoms with Gasteiger partial charge in [0.15, 0.2) is 0 Å². The lowest BCUT2D eigenvalue weighted by atomic mass is 9.86. The van der Waals surface area contributed by atoms with E-state index in [2.05, 4.69) is 56.4 Å². The molecule has 3 aromatic rings. The number of hydrogen-bond acceptors (Lipinski definition) is 6. The van der Waals surface area contributed by atoms with E-state index >= 15 is 0 Å². The van der Waals surface area contributed by atoms with E-state index in [4.69, 9.17) is 5.73 Å². The van der Waals surface area contributed by atoms with Crippen LogP contribution in [0.1, 0.15) is 29.9 Å². The summed E-state index contributed by atoms with van der Waals surface area (Å²) in [6, 6.07) is 14.5. The van der Waals surface area contributed by atoms with Gasteiger partial charge < -0.3 is 21.7 Å². The number of rotatable bonds is 6. The van der Waals surface area contributed by atoms with Crippen LogP contribution in [-0.4, -0.2) is 33.5 Å². The summed E-state index contributed by atoms with van der Waals surface area (Å²) in [5.41, 5.74) is 10.9. The van der Waals surface area contributed by atoms with Crippen molar-refractivity contribution in [3.8, 4) is 11.3 Å². The lowest BCUT2D eigenvalue weighted by Crippen LogP contribution is -2.65. The maximum absolute atomic E-state index is 6.86. The van der Waals surface area contributed by atoms with E-state index in [0.29, 0.717) is 18.4 Å². The second-order valence-electron chi connectivity index (χ2n) is 8.84. The summed E-state index contributed by atoms with van der Waals surface area (Å²) in [6.45, 7) is 2.55. The van der Waals surface area contributed by atoms with Gasteiger partial charge in [0.25, 0.3) is 0 Å². The Morgan fingerprint density at radius 1 is 1.13 bits per heavy atom. The van der Waals surface area contributed by atoms with Crippen molar-refractivity contribution >= 4 is 11.6 Å². The number of anilines is 1. The van der Waals surface area contributed by atoms with Crippen molar-refractivity contribution in [2.75, 3.05) is 18.4 Å². The summed E-state index contributed by atoms with van der Waals surface area (Å²) < 4.78 is 1.98. The number of fused-ring (bicyclic) bond motifs is 1. The van der Waals surface area contributed by atoms with Crippen LogP contribution in [0.3, 0.4) is 0 Å². The first-order valence-corrected chi connectivity index (χ1v) is 11.0. The highest BCUT2D eigenvalue weighted by molar-refractivity contribution is 5.65. The van der Waals surface area contributed by atoms with Crippen molar-refractivity contribution in [1.82, 2.24) is 25.4 Å². The third-order valence-corrected chi connectivity index (χ3v) is 6.60. The SMILES string of the molecule is NC1(C2CNC2)C=C(NCc2ccc(-c3ccccn3)cc2)n2ncc(C3CC3)c2N1. The van der Waals surface area contributed by atoms with Crippen LogP contribution in [0.25, 0.3) is 17.1 Å². The maximum Gasteiger partial charge on any atom is 0.136 e. The molecule has 0 radical (unpaired) electrons. The van der Waals surface area contributed by atoms with Gasteiger partial charge in [-0.25, -0.2) is 4.68 Å². The molecule has 5 N–H and O–H groups in total. The van der Waals surface area contributed by atoms with Crippen LogP contribution < -0.4 is 21.7 Å². The molecule has 0 spiro atoms. The second kappa shape index (κ2) is 7.21. The minimum atomic E-state index is -0.573. The molecule has 4 heterocycles. The van der Waals surface area contributed by atoms with Gasteiger partial charge in [-0.3, -0.25) is 4.98 Å². The van der Waals surface area contributed by atoms with Crippen LogP contribution in [0.5, 0.6) is 0 Å². The number of hydrogen-bond donors (Lipinski definition) is 4. The number of nitrogens with two attached hydrogens (primary N) is 1. The van der Waals surface area contributed by atoms with E-state index in [1.165, 1.54) is 24.0 Å². The molecule has 2 aromatic heterocycles. The van der Waals surface area contributed by atoms with Crippen molar-refractivity contribution in [1.29, 1.82) is 0 Å². The molecule has 6 rings (SSSR count). The zero-order valence-electron chi connectivity index (χ0n) is 17.4. The molecule has 1 saturated heterocycles. The first-order valence-electron chi connectivity index (χ1n) is 11.0. The fourth-order valence-electron chi connectivity index (χ4n) is 4.38. The molecule has 7 heteroatoms. The van der Waals surface area contributed by atoms with E-state index in [-0.39, 0.29) is 0 Å². The summed E-state index contributed by atoms with van der Waals surface area (Å²) in [7, 11) is 0. The molecule has 1 saturated carbocycles. The van der Waals surface area contributed by atoms with Crippen LogP contribution in [0.4, 0.5) is 5.82 Å².